The van der Waals surface area contributed by atoms with E-state index < -0.39 is 11.7 Å². The molecule has 0 radical (unpaired) electrons. The predicted molar refractivity (Wildman–Crippen MR) is 96.8 cm³/mol. The second kappa shape index (κ2) is 12.0. The number of hydrogen-bond acceptors (Lipinski definition) is 4. The maximum atomic E-state index is 12.9. The Labute approximate surface area is 153 Å². The molecule has 0 spiro atoms. The molecule has 3 nitrogen and oxygen atoms in total. The van der Waals surface area contributed by atoms with Gasteiger partial charge in [0.15, 0.2) is 0 Å². The van der Waals surface area contributed by atoms with E-state index in [0.29, 0.717) is 18.4 Å². The van der Waals surface area contributed by atoms with Crippen molar-refractivity contribution in [1.29, 1.82) is 5.26 Å². The molecule has 0 saturated carbocycles. The van der Waals surface area contributed by atoms with Gasteiger partial charge in [0.25, 0.3) is 0 Å². The third kappa shape index (κ3) is 8.50. The normalized spacial score (nSPS) is 12.2. The number of ether oxygens (including phenoxy) is 1. The van der Waals surface area contributed by atoms with Crippen LogP contribution in [0.4, 0.5) is 13.2 Å². The minimum atomic E-state index is -4.47. The summed E-state index contributed by atoms with van der Waals surface area (Å²) < 4.78 is 44.4. The average molecular weight is 376 g/mol. The van der Waals surface area contributed by atoms with Gasteiger partial charge in [0, 0.05) is 10.9 Å². The monoisotopic (exact) mass is 376 g/mol. The molecule has 0 bridgehead atoms. The van der Waals surface area contributed by atoms with Crippen LogP contribution in [-0.4, -0.2) is 31.1 Å². The molecule has 0 amide bonds. The quantitative estimate of drug-likeness (QED) is 0.424. The van der Waals surface area contributed by atoms with Crippen molar-refractivity contribution in [3.63, 3.8) is 0 Å². The SMILES string of the molecule is CC.CCCC(COc1cc(SC#N)cc(C(F)(F)F)c1)N(C)CC. The number of halogens is 3. The highest BCUT2D eigenvalue weighted by Crippen LogP contribution is 2.35. The highest BCUT2D eigenvalue weighted by atomic mass is 32.2. The van der Waals surface area contributed by atoms with E-state index in [1.807, 2.05) is 27.8 Å². The fourth-order valence-electron chi connectivity index (χ4n) is 2.15. The largest absolute Gasteiger partial charge is 0.492 e. The van der Waals surface area contributed by atoms with E-state index in [2.05, 4.69) is 11.8 Å². The molecule has 1 aromatic carbocycles. The van der Waals surface area contributed by atoms with Crippen LogP contribution in [0, 0.1) is 10.7 Å². The molecule has 1 aromatic rings. The summed E-state index contributed by atoms with van der Waals surface area (Å²) in [6.07, 6.45) is -2.59. The highest BCUT2D eigenvalue weighted by molar-refractivity contribution is 8.03. The van der Waals surface area contributed by atoms with Crippen molar-refractivity contribution in [1.82, 2.24) is 4.90 Å². The van der Waals surface area contributed by atoms with Gasteiger partial charge in [-0.15, -0.1) is 0 Å². The molecule has 142 valence electrons. The number of nitrogens with zero attached hydrogens (tertiary/aromatic N) is 2. The van der Waals surface area contributed by atoms with E-state index in [0.717, 1.165) is 31.5 Å². The molecule has 0 aliphatic rings. The van der Waals surface area contributed by atoms with Gasteiger partial charge in [-0.05, 0) is 50.0 Å². The number of thiocyanates is 1. The number of hydrogen-bond donors (Lipinski definition) is 0. The van der Waals surface area contributed by atoms with Crippen LogP contribution in [0.5, 0.6) is 5.75 Å². The van der Waals surface area contributed by atoms with E-state index in [1.54, 1.807) is 5.40 Å². The van der Waals surface area contributed by atoms with Gasteiger partial charge in [0.05, 0.1) is 5.56 Å². The lowest BCUT2D eigenvalue weighted by atomic mass is 10.1. The van der Waals surface area contributed by atoms with Gasteiger partial charge >= 0.3 is 6.18 Å². The van der Waals surface area contributed by atoms with Crippen molar-refractivity contribution in [2.45, 2.75) is 57.7 Å². The van der Waals surface area contributed by atoms with Crippen molar-refractivity contribution in [2.75, 3.05) is 20.2 Å². The Bertz CT molecular complexity index is 544. The van der Waals surface area contributed by atoms with Crippen molar-refractivity contribution in [3.8, 4) is 11.2 Å². The number of alkyl halides is 3. The van der Waals surface area contributed by atoms with Crippen LogP contribution in [0.1, 0.15) is 46.1 Å². The maximum Gasteiger partial charge on any atom is 0.416 e. The van der Waals surface area contributed by atoms with E-state index in [9.17, 15) is 13.2 Å². The van der Waals surface area contributed by atoms with Crippen molar-refractivity contribution < 1.29 is 17.9 Å². The summed E-state index contributed by atoms with van der Waals surface area (Å²) in [5, 5.41) is 10.5. The minimum Gasteiger partial charge on any atom is -0.492 e. The van der Waals surface area contributed by atoms with Gasteiger partial charge < -0.3 is 9.64 Å². The lowest BCUT2D eigenvalue weighted by Crippen LogP contribution is -2.36. The van der Waals surface area contributed by atoms with E-state index in [-0.39, 0.29) is 16.7 Å². The molecule has 0 fully saturated rings. The fraction of sp³-hybridized carbons (Fsp3) is 0.611. The van der Waals surface area contributed by atoms with Crippen LogP contribution in [0.25, 0.3) is 0 Å². The smallest absolute Gasteiger partial charge is 0.416 e. The molecule has 0 heterocycles. The van der Waals surface area contributed by atoms with Crippen molar-refractivity contribution in [2.24, 2.45) is 0 Å². The van der Waals surface area contributed by atoms with Crippen LogP contribution in [0.2, 0.25) is 0 Å². The Morgan fingerprint density at radius 2 is 1.88 bits per heavy atom. The van der Waals surface area contributed by atoms with Gasteiger partial charge in [-0.1, -0.05) is 34.1 Å². The van der Waals surface area contributed by atoms with Crippen LogP contribution < -0.4 is 4.74 Å². The van der Waals surface area contributed by atoms with Gasteiger partial charge in [-0.2, -0.15) is 18.4 Å². The van der Waals surface area contributed by atoms with Gasteiger partial charge in [0.2, 0.25) is 0 Å². The first-order valence-corrected chi connectivity index (χ1v) is 9.24. The van der Waals surface area contributed by atoms with E-state index >= 15 is 0 Å². The molecule has 0 saturated heterocycles. The molecule has 0 aliphatic carbocycles. The second-order valence-electron chi connectivity index (χ2n) is 5.21. The predicted octanol–water partition coefficient (Wildman–Crippen LogP) is 5.80. The molecule has 1 atom stereocenters. The van der Waals surface area contributed by atoms with E-state index in [4.69, 9.17) is 10.00 Å². The topological polar surface area (TPSA) is 36.3 Å². The lowest BCUT2D eigenvalue weighted by molar-refractivity contribution is -0.137. The summed E-state index contributed by atoms with van der Waals surface area (Å²) in [6.45, 7) is 9.24. The molecular weight excluding hydrogens is 349 g/mol. The number of likely N-dealkylation sites (N-methyl/N-ethyl adjacent to an activating group) is 1. The first-order chi connectivity index (χ1) is 11.8. The molecule has 25 heavy (non-hydrogen) atoms. The summed E-state index contributed by atoms with van der Waals surface area (Å²) in [6, 6.07) is 3.56. The Morgan fingerprint density at radius 1 is 1.24 bits per heavy atom. The number of nitriles is 1. The van der Waals surface area contributed by atoms with Crippen LogP contribution in [0.15, 0.2) is 23.1 Å². The molecule has 1 unspecified atom stereocenters. The van der Waals surface area contributed by atoms with Gasteiger partial charge in [-0.25, -0.2) is 0 Å². The first-order valence-electron chi connectivity index (χ1n) is 8.43. The van der Waals surface area contributed by atoms with E-state index in [1.165, 1.54) is 6.07 Å². The number of rotatable bonds is 8. The molecular formula is C18H27F3N2OS. The standard InChI is InChI=1S/C16H21F3N2OS.C2H6/c1-4-6-13(21(3)5-2)10-22-14-7-12(16(17,18)19)8-15(9-14)23-11-20;1-2/h7-9,13H,4-6,10H2,1-3H3;1-2H3. The van der Waals surface area contributed by atoms with Crippen LogP contribution in [-0.2, 0) is 6.18 Å². The third-order valence-corrected chi connectivity index (χ3v) is 4.12. The first kappa shape index (κ1) is 23.6. The highest BCUT2D eigenvalue weighted by Gasteiger charge is 2.31. The Morgan fingerprint density at radius 3 is 2.36 bits per heavy atom. The summed E-state index contributed by atoms with van der Waals surface area (Å²) in [7, 11) is 1.97. The zero-order valence-corrected chi connectivity index (χ0v) is 16.3. The third-order valence-electron chi connectivity index (χ3n) is 3.56. The summed E-state index contributed by atoms with van der Waals surface area (Å²) in [5.41, 5.74) is -0.802. The van der Waals surface area contributed by atoms with Gasteiger partial charge in [-0.3, -0.25) is 0 Å². The molecule has 7 heteroatoms. The Balaban J connectivity index is 0.00000277. The van der Waals surface area contributed by atoms with Crippen molar-refractivity contribution >= 4 is 11.8 Å². The lowest BCUT2D eigenvalue weighted by Gasteiger charge is -2.26. The zero-order valence-electron chi connectivity index (χ0n) is 15.5. The van der Waals surface area contributed by atoms with Crippen LogP contribution >= 0.6 is 11.8 Å². The Kier molecular flexibility index (Phi) is 11.4. The molecule has 0 N–H and O–H groups in total. The molecule has 0 aliphatic heterocycles. The molecule has 1 rings (SSSR count). The Hall–Kier alpha value is -1.39. The fourth-order valence-corrected chi connectivity index (χ4v) is 2.61. The zero-order chi connectivity index (χ0) is 19.5. The summed E-state index contributed by atoms with van der Waals surface area (Å²) >= 11 is 0.690. The van der Waals surface area contributed by atoms with Gasteiger partial charge in [0.1, 0.15) is 17.8 Å². The maximum absolute atomic E-state index is 12.9. The van der Waals surface area contributed by atoms with Crippen LogP contribution in [0.3, 0.4) is 0 Å². The number of thioether (sulfide) groups is 1. The minimum absolute atomic E-state index is 0.142. The molecule has 0 aromatic heterocycles. The summed E-state index contributed by atoms with van der Waals surface area (Å²) in [4.78, 5) is 2.34. The van der Waals surface area contributed by atoms with Crippen molar-refractivity contribution in [3.05, 3.63) is 23.8 Å². The average Bonchev–Trinajstić information content (AvgIpc) is 2.59. The number of benzene rings is 1. The summed E-state index contributed by atoms with van der Waals surface area (Å²) in [5.74, 6) is 0.142. The second-order valence-corrected chi connectivity index (χ2v) is 6.07.